The minimum absolute atomic E-state index is 0.188. The van der Waals surface area contributed by atoms with Crippen LogP contribution in [0.2, 0.25) is 0 Å². The topological polar surface area (TPSA) is 47.4 Å². The molecule has 0 atom stereocenters. The number of rotatable bonds is 4. The van der Waals surface area contributed by atoms with E-state index in [9.17, 15) is 18.0 Å². The number of ether oxygens (including phenoxy) is 1. The van der Waals surface area contributed by atoms with Gasteiger partial charge in [0.15, 0.2) is 0 Å². The van der Waals surface area contributed by atoms with Gasteiger partial charge in [-0.25, -0.2) is 4.98 Å². The van der Waals surface area contributed by atoms with E-state index in [1.165, 1.54) is 18.2 Å². The number of imidazole rings is 1. The van der Waals surface area contributed by atoms with Crippen molar-refractivity contribution in [1.82, 2.24) is 14.5 Å². The van der Waals surface area contributed by atoms with Crippen LogP contribution in [0.25, 0.3) is 0 Å². The molecule has 0 aliphatic carbocycles. The highest BCUT2D eigenvalue weighted by molar-refractivity contribution is 5.95. The first-order chi connectivity index (χ1) is 10.9. The first-order valence-corrected chi connectivity index (χ1v) is 7.01. The molecule has 1 amide bonds. The molecule has 2 heterocycles. The second-order valence-corrected chi connectivity index (χ2v) is 5.41. The van der Waals surface area contributed by atoms with E-state index in [1.807, 2.05) is 10.8 Å². The van der Waals surface area contributed by atoms with Crippen molar-refractivity contribution in [1.29, 1.82) is 0 Å². The molecule has 0 radical (unpaired) electrons. The molecule has 0 unspecified atom stereocenters. The highest BCUT2D eigenvalue weighted by Crippen LogP contribution is 2.25. The Hall–Kier alpha value is -2.51. The maximum Gasteiger partial charge on any atom is 0.573 e. The lowest BCUT2D eigenvalue weighted by Crippen LogP contribution is -2.51. The van der Waals surface area contributed by atoms with E-state index < -0.39 is 6.36 Å². The molecular formula is C15H14F3N3O2. The predicted octanol–water partition coefficient (Wildman–Crippen LogP) is 2.55. The van der Waals surface area contributed by atoms with Gasteiger partial charge in [0.1, 0.15) is 5.75 Å². The van der Waals surface area contributed by atoms with Gasteiger partial charge in [-0.15, -0.1) is 13.2 Å². The van der Waals surface area contributed by atoms with Crippen molar-refractivity contribution in [2.24, 2.45) is 5.92 Å². The number of amides is 1. The molecule has 1 aromatic carbocycles. The first-order valence-electron chi connectivity index (χ1n) is 7.01. The van der Waals surface area contributed by atoms with E-state index in [0.717, 1.165) is 12.6 Å². The van der Waals surface area contributed by atoms with E-state index in [0.29, 0.717) is 19.0 Å². The van der Waals surface area contributed by atoms with Crippen molar-refractivity contribution in [3.63, 3.8) is 0 Å². The fourth-order valence-corrected chi connectivity index (χ4v) is 2.55. The molecule has 2 aromatic rings. The van der Waals surface area contributed by atoms with Crippen LogP contribution in [0.3, 0.4) is 0 Å². The zero-order chi connectivity index (χ0) is 16.4. The van der Waals surface area contributed by atoms with Gasteiger partial charge in [0.05, 0.1) is 6.33 Å². The summed E-state index contributed by atoms with van der Waals surface area (Å²) in [5.74, 6) is -0.360. The molecule has 1 aliphatic heterocycles. The maximum absolute atomic E-state index is 12.3. The lowest BCUT2D eigenvalue weighted by Gasteiger charge is -2.39. The van der Waals surface area contributed by atoms with Crippen molar-refractivity contribution < 1.29 is 22.7 Å². The van der Waals surface area contributed by atoms with E-state index in [-0.39, 0.29) is 17.2 Å². The van der Waals surface area contributed by atoms with Crippen molar-refractivity contribution in [2.45, 2.75) is 12.9 Å². The van der Waals surface area contributed by atoms with Crippen LogP contribution in [0.4, 0.5) is 13.2 Å². The van der Waals surface area contributed by atoms with Gasteiger partial charge in [-0.05, 0) is 18.2 Å². The minimum atomic E-state index is -4.77. The van der Waals surface area contributed by atoms with Crippen LogP contribution in [-0.2, 0) is 6.54 Å². The Bertz CT molecular complexity index is 680. The summed E-state index contributed by atoms with van der Waals surface area (Å²) in [6.07, 6.45) is 0.479. The molecule has 1 aliphatic rings. The number of aromatic nitrogens is 2. The third-order valence-electron chi connectivity index (χ3n) is 3.59. The number of alkyl halides is 3. The summed E-state index contributed by atoms with van der Waals surface area (Å²) >= 11 is 0. The summed E-state index contributed by atoms with van der Waals surface area (Å²) in [5.41, 5.74) is 0.188. The normalized spacial score (nSPS) is 15.3. The minimum Gasteiger partial charge on any atom is -0.406 e. The molecule has 1 fully saturated rings. The Morgan fingerprint density at radius 1 is 1.35 bits per heavy atom. The van der Waals surface area contributed by atoms with Crippen LogP contribution in [0, 0.1) is 5.92 Å². The van der Waals surface area contributed by atoms with Crippen molar-refractivity contribution in [3.05, 3.63) is 48.5 Å². The highest BCUT2D eigenvalue weighted by atomic mass is 19.4. The standard InChI is InChI=1S/C15H14F3N3O2/c16-15(17,18)23-13-3-1-2-12(6-13)14(22)21-8-11(9-21)7-20-5-4-19-10-20/h1-6,10-11H,7-9H2. The molecule has 1 saturated heterocycles. The number of halogens is 3. The van der Waals surface area contributed by atoms with Gasteiger partial charge in [-0.1, -0.05) is 6.07 Å². The van der Waals surface area contributed by atoms with E-state index in [1.54, 1.807) is 17.4 Å². The molecule has 5 nitrogen and oxygen atoms in total. The number of carbonyl (C=O) groups excluding carboxylic acids is 1. The smallest absolute Gasteiger partial charge is 0.406 e. The summed E-state index contributed by atoms with van der Waals surface area (Å²) in [7, 11) is 0. The van der Waals surface area contributed by atoms with Crippen LogP contribution in [0.1, 0.15) is 10.4 Å². The predicted molar refractivity (Wildman–Crippen MR) is 74.7 cm³/mol. The average molecular weight is 325 g/mol. The Morgan fingerprint density at radius 2 is 2.13 bits per heavy atom. The summed E-state index contributed by atoms with van der Waals surface area (Å²) in [5, 5.41) is 0. The Balaban J connectivity index is 1.58. The zero-order valence-electron chi connectivity index (χ0n) is 12.0. The second-order valence-electron chi connectivity index (χ2n) is 5.41. The lowest BCUT2D eigenvalue weighted by atomic mass is 9.98. The molecule has 0 N–H and O–H groups in total. The molecule has 3 rings (SSSR count). The van der Waals surface area contributed by atoms with Gasteiger partial charge in [-0.2, -0.15) is 0 Å². The van der Waals surface area contributed by atoms with E-state index >= 15 is 0 Å². The van der Waals surface area contributed by atoms with Gasteiger partial charge >= 0.3 is 6.36 Å². The number of hydrogen-bond donors (Lipinski definition) is 0. The third-order valence-corrected chi connectivity index (χ3v) is 3.59. The van der Waals surface area contributed by atoms with Crippen LogP contribution >= 0.6 is 0 Å². The third kappa shape index (κ3) is 3.82. The summed E-state index contributed by atoms with van der Waals surface area (Å²) in [4.78, 5) is 17.8. The lowest BCUT2D eigenvalue weighted by molar-refractivity contribution is -0.274. The monoisotopic (exact) mass is 325 g/mol. The number of likely N-dealkylation sites (tertiary alicyclic amines) is 1. The molecule has 0 spiro atoms. The average Bonchev–Trinajstić information content (AvgIpc) is 2.93. The molecule has 8 heteroatoms. The second kappa shape index (κ2) is 5.94. The molecular weight excluding hydrogens is 311 g/mol. The SMILES string of the molecule is O=C(c1cccc(OC(F)(F)F)c1)N1CC(Cn2ccnc2)C1. The van der Waals surface area contributed by atoms with Gasteiger partial charge < -0.3 is 14.2 Å². The van der Waals surface area contributed by atoms with E-state index in [4.69, 9.17) is 0 Å². The maximum atomic E-state index is 12.3. The molecule has 0 bridgehead atoms. The van der Waals surface area contributed by atoms with Crippen LogP contribution < -0.4 is 4.74 Å². The Morgan fingerprint density at radius 3 is 2.78 bits per heavy atom. The van der Waals surface area contributed by atoms with Crippen LogP contribution in [0.15, 0.2) is 43.0 Å². The molecule has 1 aromatic heterocycles. The summed E-state index contributed by atoms with van der Waals surface area (Å²) in [6.45, 7) is 1.91. The van der Waals surface area contributed by atoms with Gasteiger partial charge in [0.2, 0.25) is 0 Å². The first kappa shape index (κ1) is 15.4. The highest BCUT2D eigenvalue weighted by Gasteiger charge is 2.33. The van der Waals surface area contributed by atoms with Crippen molar-refractivity contribution in [2.75, 3.05) is 13.1 Å². The fraction of sp³-hybridized carbons (Fsp3) is 0.333. The molecule has 23 heavy (non-hydrogen) atoms. The summed E-state index contributed by atoms with van der Waals surface area (Å²) in [6, 6.07) is 5.13. The quantitative estimate of drug-likeness (QED) is 0.868. The van der Waals surface area contributed by atoms with Gasteiger partial charge in [0.25, 0.3) is 5.91 Å². The number of nitrogens with zero attached hydrogens (tertiary/aromatic N) is 3. The largest absolute Gasteiger partial charge is 0.573 e. The summed E-state index contributed by atoms with van der Waals surface area (Å²) < 4.78 is 42.4. The zero-order valence-corrected chi connectivity index (χ0v) is 12.0. The molecule has 122 valence electrons. The van der Waals surface area contributed by atoms with Gasteiger partial charge in [0, 0.05) is 43.5 Å². The van der Waals surface area contributed by atoms with Crippen molar-refractivity contribution >= 4 is 5.91 Å². The van der Waals surface area contributed by atoms with E-state index in [2.05, 4.69) is 9.72 Å². The number of benzene rings is 1. The van der Waals surface area contributed by atoms with Crippen molar-refractivity contribution in [3.8, 4) is 5.75 Å². The Kier molecular flexibility index (Phi) is 3.97. The number of hydrogen-bond acceptors (Lipinski definition) is 3. The number of carbonyl (C=O) groups is 1. The van der Waals surface area contributed by atoms with Crippen LogP contribution in [0.5, 0.6) is 5.75 Å². The molecule has 0 saturated carbocycles. The van der Waals surface area contributed by atoms with Gasteiger partial charge in [-0.3, -0.25) is 4.79 Å². The van der Waals surface area contributed by atoms with Crippen LogP contribution in [-0.4, -0.2) is 39.8 Å². The Labute approximate surface area is 130 Å². The fourth-order valence-electron chi connectivity index (χ4n) is 2.55.